The molecule has 0 unspecified atom stereocenters. The summed E-state index contributed by atoms with van der Waals surface area (Å²) in [5.74, 6) is 0.688. The zero-order chi connectivity index (χ0) is 10.3. The number of hydrogen-bond donors (Lipinski definition) is 0. The number of aliphatic imine (C=N–C) groups is 1. The highest BCUT2D eigenvalue weighted by Crippen LogP contribution is 2.13. The molecule has 0 aromatic carbocycles. The fourth-order valence-corrected chi connectivity index (χ4v) is 0.732. The van der Waals surface area contributed by atoms with E-state index in [0.717, 1.165) is 5.57 Å². The number of hydrogen-bond acceptors (Lipinski definition) is 2. The van der Waals surface area contributed by atoms with Gasteiger partial charge in [-0.25, -0.2) is 0 Å². The maximum atomic E-state index is 5.35. The third-order valence-corrected chi connectivity index (χ3v) is 1.59. The van der Waals surface area contributed by atoms with E-state index in [1.807, 2.05) is 32.9 Å². The van der Waals surface area contributed by atoms with Gasteiger partial charge >= 0.3 is 0 Å². The lowest BCUT2D eigenvalue weighted by molar-refractivity contribution is 0.237. The van der Waals surface area contributed by atoms with Crippen molar-refractivity contribution in [2.45, 2.75) is 20.8 Å². The van der Waals surface area contributed by atoms with E-state index in [4.69, 9.17) is 4.74 Å². The van der Waals surface area contributed by atoms with Gasteiger partial charge in [0.1, 0.15) is 5.76 Å². The highest BCUT2D eigenvalue weighted by molar-refractivity contribution is 5.37. The smallest absolute Gasteiger partial charge is 0.144 e. The van der Waals surface area contributed by atoms with Gasteiger partial charge in [-0.2, -0.15) is 0 Å². The molecule has 0 aromatic heterocycles. The molecule has 0 N–H and O–H groups in total. The first-order chi connectivity index (χ1) is 6.15. The molecule has 0 aliphatic carbocycles. The molecular weight excluding hydrogens is 162 g/mol. The molecule has 0 saturated carbocycles. The lowest BCUT2D eigenvalue weighted by Gasteiger charge is -2.07. The number of ether oxygens (including phenoxy) is 1. The summed E-state index contributed by atoms with van der Waals surface area (Å²) in [6.45, 7) is 13.6. The normalized spacial score (nSPS) is 12.5. The number of nitrogens with zero attached hydrogens (tertiary/aromatic N) is 1. The van der Waals surface area contributed by atoms with Crippen molar-refractivity contribution in [1.29, 1.82) is 0 Å². The standard InChI is InChI=1S/C11H17NO/c1-6-9(3)8-11(13-7-2)10(4)12-5/h6,8H,4-5,7H2,1-3H3/b9-6-,11-8+. The Labute approximate surface area is 80.3 Å². The Balaban J connectivity index is 4.68. The Kier molecular flexibility index (Phi) is 5.60. The van der Waals surface area contributed by atoms with Gasteiger partial charge in [0.25, 0.3) is 0 Å². The van der Waals surface area contributed by atoms with Crippen LogP contribution in [0.25, 0.3) is 0 Å². The maximum absolute atomic E-state index is 5.35. The van der Waals surface area contributed by atoms with Gasteiger partial charge in [-0.3, -0.25) is 4.99 Å². The highest BCUT2D eigenvalue weighted by atomic mass is 16.5. The first-order valence-electron chi connectivity index (χ1n) is 4.29. The van der Waals surface area contributed by atoms with Crippen molar-refractivity contribution < 1.29 is 4.74 Å². The summed E-state index contributed by atoms with van der Waals surface area (Å²) < 4.78 is 5.35. The Bertz CT molecular complexity index is 249. The minimum Gasteiger partial charge on any atom is -0.492 e. The lowest BCUT2D eigenvalue weighted by atomic mass is 10.2. The van der Waals surface area contributed by atoms with E-state index in [-0.39, 0.29) is 0 Å². The van der Waals surface area contributed by atoms with E-state index in [1.165, 1.54) is 0 Å². The maximum Gasteiger partial charge on any atom is 0.144 e. The second-order valence-electron chi connectivity index (χ2n) is 2.58. The van der Waals surface area contributed by atoms with Crippen molar-refractivity contribution in [3.8, 4) is 0 Å². The van der Waals surface area contributed by atoms with E-state index in [1.54, 1.807) is 0 Å². The van der Waals surface area contributed by atoms with Crippen molar-refractivity contribution >= 4 is 6.72 Å². The number of rotatable bonds is 5. The van der Waals surface area contributed by atoms with E-state index in [9.17, 15) is 0 Å². The summed E-state index contributed by atoms with van der Waals surface area (Å²) >= 11 is 0. The molecule has 2 heteroatoms. The molecule has 72 valence electrons. The van der Waals surface area contributed by atoms with Gasteiger partial charge in [0.05, 0.1) is 12.3 Å². The third-order valence-electron chi connectivity index (χ3n) is 1.59. The molecular formula is C11H17NO. The first kappa shape index (κ1) is 11.7. The zero-order valence-corrected chi connectivity index (χ0v) is 8.63. The van der Waals surface area contributed by atoms with Crippen LogP contribution in [-0.4, -0.2) is 13.3 Å². The van der Waals surface area contributed by atoms with Crippen molar-refractivity contribution in [3.05, 3.63) is 35.8 Å². The third kappa shape index (κ3) is 4.31. The van der Waals surface area contributed by atoms with Gasteiger partial charge in [-0.15, -0.1) is 0 Å². The zero-order valence-electron chi connectivity index (χ0n) is 8.63. The van der Waals surface area contributed by atoms with Gasteiger partial charge < -0.3 is 4.74 Å². The van der Waals surface area contributed by atoms with Crippen LogP contribution in [0.4, 0.5) is 0 Å². The van der Waals surface area contributed by atoms with Crippen LogP contribution >= 0.6 is 0 Å². The Morgan fingerprint density at radius 2 is 2.15 bits per heavy atom. The molecule has 0 bridgehead atoms. The summed E-state index contributed by atoms with van der Waals surface area (Å²) in [6, 6.07) is 0. The summed E-state index contributed by atoms with van der Waals surface area (Å²) in [4.78, 5) is 3.73. The molecule has 0 amide bonds. The van der Waals surface area contributed by atoms with Crippen molar-refractivity contribution in [3.63, 3.8) is 0 Å². The SMILES string of the molecule is C=NC(=C)/C(=C\C(C)=C/C)OCC. The molecule has 0 saturated heterocycles. The summed E-state index contributed by atoms with van der Waals surface area (Å²) in [7, 11) is 0. The molecule has 0 aliphatic heterocycles. The second-order valence-corrected chi connectivity index (χ2v) is 2.58. The highest BCUT2D eigenvalue weighted by Gasteiger charge is 2.00. The topological polar surface area (TPSA) is 21.6 Å². The van der Waals surface area contributed by atoms with E-state index in [2.05, 4.69) is 18.3 Å². The monoisotopic (exact) mass is 179 g/mol. The average molecular weight is 179 g/mol. The molecule has 2 nitrogen and oxygen atoms in total. The lowest BCUT2D eigenvalue weighted by Crippen LogP contribution is -1.93. The van der Waals surface area contributed by atoms with Crippen molar-refractivity contribution in [2.24, 2.45) is 4.99 Å². The first-order valence-corrected chi connectivity index (χ1v) is 4.29. The minimum atomic E-state index is 0.572. The van der Waals surface area contributed by atoms with Crippen LogP contribution < -0.4 is 0 Å². The minimum absolute atomic E-state index is 0.572. The van der Waals surface area contributed by atoms with E-state index < -0.39 is 0 Å². The van der Waals surface area contributed by atoms with Crippen molar-refractivity contribution in [1.82, 2.24) is 0 Å². The van der Waals surface area contributed by atoms with Gasteiger partial charge in [0.2, 0.25) is 0 Å². The quantitative estimate of drug-likeness (QED) is 0.361. The van der Waals surface area contributed by atoms with Crippen molar-refractivity contribution in [2.75, 3.05) is 6.61 Å². The van der Waals surface area contributed by atoms with Gasteiger partial charge in [-0.1, -0.05) is 18.2 Å². The molecule has 0 heterocycles. The fraction of sp³-hybridized carbons (Fsp3) is 0.364. The van der Waals surface area contributed by atoms with Crippen LogP contribution in [0.15, 0.2) is 40.8 Å². The van der Waals surface area contributed by atoms with Gasteiger partial charge in [0, 0.05) is 0 Å². The molecule has 0 fully saturated rings. The largest absolute Gasteiger partial charge is 0.492 e. The molecule has 13 heavy (non-hydrogen) atoms. The Morgan fingerprint density at radius 1 is 1.54 bits per heavy atom. The fourth-order valence-electron chi connectivity index (χ4n) is 0.732. The molecule has 0 aromatic rings. The predicted molar refractivity (Wildman–Crippen MR) is 57.8 cm³/mol. The van der Waals surface area contributed by atoms with E-state index >= 15 is 0 Å². The molecule has 0 rings (SSSR count). The van der Waals surface area contributed by atoms with Crippen LogP contribution in [0.5, 0.6) is 0 Å². The summed E-state index contributed by atoms with van der Waals surface area (Å²) in [5, 5.41) is 0. The predicted octanol–water partition coefficient (Wildman–Crippen LogP) is 3.09. The van der Waals surface area contributed by atoms with Gasteiger partial charge in [0.15, 0.2) is 0 Å². The Hall–Kier alpha value is -1.31. The molecule has 0 spiro atoms. The van der Waals surface area contributed by atoms with E-state index in [0.29, 0.717) is 18.1 Å². The van der Waals surface area contributed by atoms with Crippen LogP contribution in [-0.2, 0) is 4.74 Å². The van der Waals surface area contributed by atoms with Crippen LogP contribution in [0.2, 0.25) is 0 Å². The molecule has 0 radical (unpaired) electrons. The van der Waals surface area contributed by atoms with Crippen LogP contribution in [0.1, 0.15) is 20.8 Å². The van der Waals surface area contributed by atoms with Crippen LogP contribution in [0, 0.1) is 0 Å². The number of allylic oxidation sites excluding steroid dienone is 3. The second kappa shape index (κ2) is 6.23. The van der Waals surface area contributed by atoms with Crippen LogP contribution in [0.3, 0.4) is 0 Å². The molecule has 0 aliphatic rings. The summed E-state index contributed by atoms with van der Waals surface area (Å²) in [5.41, 5.74) is 1.69. The Morgan fingerprint density at radius 3 is 2.54 bits per heavy atom. The summed E-state index contributed by atoms with van der Waals surface area (Å²) in [6.07, 6.45) is 3.90. The molecule has 0 atom stereocenters. The average Bonchev–Trinajstić information content (AvgIpc) is 2.15. The van der Waals surface area contributed by atoms with Gasteiger partial charge in [-0.05, 0) is 33.6 Å².